The van der Waals surface area contributed by atoms with Gasteiger partial charge in [-0.3, -0.25) is 0 Å². The van der Waals surface area contributed by atoms with Gasteiger partial charge in [-0.25, -0.2) is 4.79 Å². The van der Waals surface area contributed by atoms with E-state index >= 15 is 0 Å². The van der Waals surface area contributed by atoms with E-state index in [1.54, 1.807) is 12.1 Å². The minimum absolute atomic E-state index is 0.0798. The molecule has 2 rings (SSSR count). The van der Waals surface area contributed by atoms with Gasteiger partial charge in [-0.2, -0.15) is 0 Å². The van der Waals surface area contributed by atoms with Gasteiger partial charge < -0.3 is 9.63 Å². The van der Waals surface area contributed by atoms with Crippen molar-refractivity contribution in [2.75, 3.05) is 0 Å². The van der Waals surface area contributed by atoms with Crippen molar-refractivity contribution < 1.29 is 14.4 Å². The first-order valence-electron chi connectivity index (χ1n) is 6.83. The van der Waals surface area contributed by atoms with Crippen LogP contribution in [0.25, 0.3) is 11.3 Å². The maximum absolute atomic E-state index is 10.8. The predicted molar refractivity (Wildman–Crippen MR) is 78.6 cm³/mol. The van der Waals surface area contributed by atoms with Crippen molar-refractivity contribution in [3.8, 4) is 11.3 Å². The monoisotopic (exact) mass is 275 g/mol. The molecule has 1 heterocycles. The summed E-state index contributed by atoms with van der Waals surface area (Å²) in [7, 11) is 0. The number of rotatable bonds is 4. The Hall–Kier alpha value is -2.10. The molecule has 0 saturated heterocycles. The minimum atomic E-state index is -1.04. The molecule has 0 bridgehead atoms. The minimum Gasteiger partial charge on any atom is -0.477 e. The fourth-order valence-corrected chi connectivity index (χ4v) is 1.48. The number of carboxylic acids is 1. The zero-order valence-electron chi connectivity index (χ0n) is 12.2. The van der Waals surface area contributed by atoms with Crippen LogP contribution in [0.5, 0.6) is 0 Å². The van der Waals surface area contributed by atoms with E-state index in [4.69, 9.17) is 9.63 Å². The lowest BCUT2D eigenvalue weighted by Gasteiger charge is -1.98. The summed E-state index contributed by atoms with van der Waals surface area (Å²) < 4.78 is 4.88. The molecule has 108 valence electrons. The summed E-state index contributed by atoms with van der Waals surface area (Å²) in [6.07, 6.45) is 3.86. The van der Waals surface area contributed by atoms with E-state index in [1.807, 2.05) is 18.2 Å². The van der Waals surface area contributed by atoms with Crippen LogP contribution in [0.2, 0.25) is 0 Å². The van der Waals surface area contributed by atoms with Gasteiger partial charge in [0.25, 0.3) is 0 Å². The second kappa shape index (κ2) is 8.15. The second-order valence-corrected chi connectivity index (χ2v) is 4.66. The van der Waals surface area contributed by atoms with Gasteiger partial charge >= 0.3 is 5.97 Å². The van der Waals surface area contributed by atoms with Crippen molar-refractivity contribution in [3.05, 3.63) is 42.1 Å². The second-order valence-electron chi connectivity index (χ2n) is 4.66. The van der Waals surface area contributed by atoms with Gasteiger partial charge in [-0.1, -0.05) is 69.1 Å². The fourth-order valence-electron chi connectivity index (χ4n) is 1.48. The Kier molecular flexibility index (Phi) is 6.50. The molecular formula is C16H21NO3. The molecule has 0 aliphatic carbocycles. The molecule has 0 aliphatic heterocycles. The quantitative estimate of drug-likeness (QED) is 0.893. The summed E-state index contributed by atoms with van der Waals surface area (Å²) in [5, 5.41) is 12.3. The number of nitrogens with zero attached hydrogens (tertiary/aromatic N) is 1. The maximum atomic E-state index is 10.8. The number of aromatic nitrogens is 1. The molecule has 1 aromatic carbocycles. The first-order valence-corrected chi connectivity index (χ1v) is 6.83. The highest BCUT2D eigenvalue weighted by atomic mass is 16.5. The molecular weight excluding hydrogens is 254 g/mol. The molecule has 0 unspecified atom stereocenters. The average molecular weight is 275 g/mol. The molecule has 0 aliphatic rings. The molecule has 1 aromatic heterocycles. The van der Waals surface area contributed by atoms with Crippen LogP contribution in [0, 0.1) is 5.92 Å². The molecule has 2 aromatic rings. The number of carboxylic acid groups (broad SMARTS) is 1. The lowest BCUT2D eigenvalue weighted by molar-refractivity contribution is 0.0697. The molecule has 0 spiro atoms. The first kappa shape index (κ1) is 16.0. The van der Waals surface area contributed by atoms with E-state index in [1.165, 1.54) is 19.0 Å². The Morgan fingerprint density at radius 2 is 1.85 bits per heavy atom. The van der Waals surface area contributed by atoms with Crippen molar-refractivity contribution in [3.63, 3.8) is 0 Å². The highest BCUT2D eigenvalue weighted by molar-refractivity contribution is 5.93. The summed E-state index contributed by atoms with van der Waals surface area (Å²) in [6.45, 7) is 6.74. The largest absolute Gasteiger partial charge is 0.477 e. The van der Waals surface area contributed by atoms with Crippen LogP contribution in [0.15, 0.2) is 41.1 Å². The fraction of sp³-hybridized carbons (Fsp3) is 0.375. The molecule has 0 radical (unpaired) electrons. The predicted octanol–water partition coefficient (Wildman–Crippen LogP) is 4.48. The van der Waals surface area contributed by atoms with E-state index < -0.39 is 5.97 Å². The summed E-state index contributed by atoms with van der Waals surface area (Å²) >= 11 is 0. The Morgan fingerprint density at radius 3 is 2.30 bits per heavy atom. The van der Waals surface area contributed by atoms with Crippen molar-refractivity contribution >= 4 is 5.97 Å². The normalized spacial score (nSPS) is 10.0. The van der Waals surface area contributed by atoms with Crippen LogP contribution >= 0.6 is 0 Å². The summed E-state index contributed by atoms with van der Waals surface area (Å²) in [5.74, 6) is 0.188. The van der Waals surface area contributed by atoms with Crippen LogP contribution in [0.1, 0.15) is 44.0 Å². The number of benzene rings is 1. The Bertz CT molecular complexity index is 516. The molecule has 0 atom stereocenters. The Balaban J connectivity index is 0.000000286. The van der Waals surface area contributed by atoms with Crippen molar-refractivity contribution in [2.24, 2.45) is 5.92 Å². The smallest absolute Gasteiger partial charge is 0.341 e. The van der Waals surface area contributed by atoms with E-state index in [-0.39, 0.29) is 11.3 Å². The van der Waals surface area contributed by atoms with Crippen LogP contribution in [0.4, 0.5) is 0 Å². The third kappa shape index (κ3) is 4.53. The van der Waals surface area contributed by atoms with Crippen LogP contribution in [-0.2, 0) is 0 Å². The van der Waals surface area contributed by atoms with Crippen LogP contribution in [-0.4, -0.2) is 16.2 Å². The Labute approximate surface area is 119 Å². The highest BCUT2D eigenvalue weighted by Crippen LogP contribution is 2.22. The van der Waals surface area contributed by atoms with Gasteiger partial charge in [0, 0.05) is 5.56 Å². The van der Waals surface area contributed by atoms with Gasteiger partial charge in [0.05, 0.1) is 6.20 Å². The summed E-state index contributed by atoms with van der Waals surface area (Å²) in [4.78, 5) is 10.8. The third-order valence-corrected chi connectivity index (χ3v) is 3.23. The summed E-state index contributed by atoms with van der Waals surface area (Å²) in [5.41, 5.74) is 0.790. The SMILES string of the molecule is CCC(C)CC.O=C(O)c1cnoc1-c1ccccc1. The topological polar surface area (TPSA) is 63.3 Å². The lowest BCUT2D eigenvalue weighted by Crippen LogP contribution is -1.95. The van der Waals surface area contributed by atoms with Gasteiger partial charge in [0.15, 0.2) is 5.76 Å². The van der Waals surface area contributed by atoms with Crippen LogP contribution in [0.3, 0.4) is 0 Å². The van der Waals surface area contributed by atoms with Gasteiger partial charge in [0.2, 0.25) is 0 Å². The van der Waals surface area contributed by atoms with Crippen LogP contribution < -0.4 is 0 Å². The molecule has 0 saturated carbocycles. The van der Waals surface area contributed by atoms with E-state index in [2.05, 4.69) is 25.9 Å². The molecule has 1 N–H and O–H groups in total. The van der Waals surface area contributed by atoms with Crippen molar-refractivity contribution in [1.29, 1.82) is 0 Å². The maximum Gasteiger partial charge on any atom is 0.341 e. The van der Waals surface area contributed by atoms with Gasteiger partial charge in [-0.05, 0) is 5.92 Å². The van der Waals surface area contributed by atoms with E-state index in [0.29, 0.717) is 5.56 Å². The molecule has 0 fully saturated rings. The summed E-state index contributed by atoms with van der Waals surface area (Å²) in [6, 6.07) is 9.01. The highest BCUT2D eigenvalue weighted by Gasteiger charge is 2.15. The molecule has 20 heavy (non-hydrogen) atoms. The zero-order valence-corrected chi connectivity index (χ0v) is 12.2. The lowest BCUT2D eigenvalue weighted by atomic mass is 10.1. The van der Waals surface area contributed by atoms with Crippen molar-refractivity contribution in [1.82, 2.24) is 5.16 Å². The number of hydrogen-bond acceptors (Lipinski definition) is 3. The number of carbonyl (C=O) groups is 1. The van der Waals surface area contributed by atoms with E-state index in [9.17, 15) is 4.79 Å². The average Bonchev–Trinajstić information content (AvgIpc) is 2.97. The molecule has 4 nitrogen and oxygen atoms in total. The van der Waals surface area contributed by atoms with Gasteiger partial charge in [-0.15, -0.1) is 0 Å². The first-order chi connectivity index (χ1) is 9.60. The third-order valence-electron chi connectivity index (χ3n) is 3.23. The van der Waals surface area contributed by atoms with E-state index in [0.717, 1.165) is 5.92 Å². The Morgan fingerprint density at radius 1 is 1.25 bits per heavy atom. The van der Waals surface area contributed by atoms with Gasteiger partial charge in [0.1, 0.15) is 5.56 Å². The zero-order chi connectivity index (χ0) is 15.0. The number of hydrogen-bond donors (Lipinski definition) is 1. The molecule has 4 heteroatoms. The number of aromatic carboxylic acids is 1. The molecule has 0 amide bonds. The van der Waals surface area contributed by atoms with Crippen molar-refractivity contribution in [2.45, 2.75) is 33.6 Å². The standard InChI is InChI=1S/C10H7NO3.C6H14/c12-10(13)8-6-11-14-9(8)7-4-2-1-3-5-7;1-4-6(3)5-2/h1-6H,(H,12,13);6H,4-5H2,1-3H3.